The van der Waals surface area contributed by atoms with E-state index in [-0.39, 0.29) is 6.61 Å². The summed E-state index contributed by atoms with van der Waals surface area (Å²) in [6.07, 6.45) is 0. The maximum absolute atomic E-state index is 13.8. The van der Waals surface area contributed by atoms with E-state index in [9.17, 15) is 12.8 Å². The molecular formula is C13H11BrFNO3S. The fourth-order valence-corrected chi connectivity index (χ4v) is 3.26. The molecule has 0 aliphatic carbocycles. The van der Waals surface area contributed by atoms with Crippen molar-refractivity contribution in [2.75, 3.05) is 4.72 Å². The van der Waals surface area contributed by atoms with Gasteiger partial charge < -0.3 is 5.11 Å². The molecule has 0 amide bonds. The summed E-state index contributed by atoms with van der Waals surface area (Å²) in [4.78, 5) is -0.467. The second-order valence-corrected chi connectivity index (χ2v) is 6.51. The van der Waals surface area contributed by atoms with Crippen LogP contribution in [-0.2, 0) is 16.6 Å². The minimum Gasteiger partial charge on any atom is -0.392 e. The predicted octanol–water partition coefficient (Wildman–Crippen LogP) is 2.88. The van der Waals surface area contributed by atoms with Crippen molar-refractivity contribution in [1.82, 2.24) is 0 Å². The van der Waals surface area contributed by atoms with E-state index in [0.29, 0.717) is 15.7 Å². The molecular weight excluding hydrogens is 349 g/mol. The molecule has 0 atom stereocenters. The zero-order valence-electron chi connectivity index (χ0n) is 10.2. The normalized spacial score (nSPS) is 11.3. The first-order valence-corrected chi connectivity index (χ1v) is 7.88. The lowest BCUT2D eigenvalue weighted by atomic mass is 10.2. The van der Waals surface area contributed by atoms with Gasteiger partial charge in [-0.3, -0.25) is 4.72 Å². The van der Waals surface area contributed by atoms with Gasteiger partial charge in [0.1, 0.15) is 10.7 Å². The molecule has 2 aromatic rings. The Morgan fingerprint density at radius 3 is 2.50 bits per heavy atom. The van der Waals surface area contributed by atoms with E-state index in [0.717, 1.165) is 12.1 Å². The number of sulfonamides is 1. The summed E-state index contributed by atoms with van der Waals surface area (Å²) in [5, 5.41) is 8.89. The van der Waals surface area contributed by atoms with Crippen LogP contribution in [0.15, 0.2) is 51.8 Å². The van der Waals surface area contributed by atoms with Gasteiger partial charge in [0.25, 0.3) is 10.0 Å². The number of hydrogen-bond acceptors (Lipinski definition) is 3. The summed E-state index contributed by atoms with van der Waals surface area (Å²) in [6.45, 7) is -0.352. The van der Waals surface area contributed by atoms with Crippen LogP contribution in [0.5, 0.6) is 0 Å². The van der Waals surface area contributed by atoms with E-state index in [1.54, 1.807) is 24.3 Å². The molecule has 0 bridgehead atoms. The summed E-state index contributed by atoms with van der Waals surface area (Å²) >= 11 is 3.21. The molecule has 0 heterocycles. The number of aliphatic hydroxyl groups is 1. The first-order chi connectivity index (χ1) is 9.44. The second-order valence-electron chi connectivity index (χ2n) is 4.01. The highest BCUT2D eigenvalue weighted by Gasteiger charge is 2.20. The Kier molecular flexibility index (Phi) is 4.42. The van der Waals surface area contributed by atoms with Gasteiger partial charge in [-0.05, 0) is 45.8 Å². The minimum atomic E-state index is -4.03. The second kappa shape index (κ2) is 5.90. The Labute approximate surface area is 124 Å². The monoisotopic (exact) mass is 359 g/mol. The van der Waals surface area contributed by atoms with E-state index < -0.39 is 20.7 Å². The number of anilines is 1. The number of hydrogen-bond donors (Lipinski definition) is 2. The van der Waals surface area contributed by atoms with E-state index in [2.05, 4.69) is 20.7 Å². The van der Waals surface area contributed by atoms with Crippen molar-refractivity contribution in [3.63, 3.8) is 0 Å². The van der Waals surface area contributed by atoms with Gasteiger partial charge in [0.15, 0.2) is 0 Å². The molecule has 2 aromatic carbocycles. The lowest BCUT2D eigenvalue weighted by Crippen LogP contribution is -2.15. The fraction of sp³-hybridized carbons (Fsp3) is 0.0769. The summed E-state index contributed by atoms with van der Waals surface area (Å²) in [6, 6.07) is 10.1. The van der Waals surface area contributed by atoms with E-state index in [1.165, 1.54) is 6.07 Å². The van der Waals surface area contributed by atoms with Crippen molar-refractivity contribution in [2.45, 2.75) is 11.5 Å². The lowest BCUT2D eigenvalue weighted by molar-refractivity contribution is 0.281. The number of halogens is 2. The van der Waals surface area contributed by atoms with E-state index in [1.807, 2.05) is 0 Å². The van der Waals surface area contributed by atoms with Crippen LogP contribution < -0.4 is 4.72 Å². The number of para-hydroxylation sites is 1. The molecule has 0 saturated carbocycles. The average molecular weight is 360 g/mol. The molecule has 2 N–H and O–H groups in total. The Hall–Kier alpha value is -1.44. The van der Waals surface area contributed by atoms with Crippen molar-refractivity contribution in [1.29, 1.82) is 0 Å². The molecule has 2 rings (SSSR count). The van der Waals surface area contributed by atoms with E-state index >= 15 is 0 Å². The molecule has 0 fully saturated rings. The topological polar surface area (TPSA) is 66.4 Å². The van der Waals surface area contributed by atoms with Crippen LogP contribution >= 0.6 is 15.9 Å². The molecule has 0 unspecified atom stereocenters. The van der Waals surface area contributed by atoms with Crippen molar-refractivity contribution >= 4 is 31.6 Å². The lowest BCUT2D eigenvalue weighted by Gasteiger charge is -2.10. The molecule has 0 aromatic heterocycles. The molecule has 20 heavy (non-hydrogen) atoms. The van der Waals surface area contributed by atoms with Gasteiger partial charge in [0.2, 0.25) is 0 Å². The standard InChI is InChI=1S/C13H11BrFNO3S/c14-10-3-1-2-4-12(10)16-20(18,19)13-6-5-9(8-17)7-11(13)15/h1-7,16-17H,8H2. The quantitative estimate of drug-likeness (QED) is 0.881. The number of aliphatic hydroxyl groups excluding tert-OH is 1. The Morgan fingerprint density at radius 2 is 1.90 bits per heavy atom. The third-order valence-electron chi connectivity index (χ3n) is 2.59. The first-order valence-electron chi connectivity index (χ1n) is 5.60. The molecule has 106 valence electrons. The molecule has 0 radical (unpaired) electrons. The smallest absolute Gasteiger partial charge is 0.264 e. The van der Waals surface area contributed by atoms with Crippen molar-refractivity contribution in [2.24, 2.45) is 0 Å². The largest absolute Gasteiger partial charge is 0.392 e. The molecule has 4 nitrogen and oxygen atoms in total. The first kappa shape index (κ1) is 15.0. The molecule has 0 aliphatic heterocycles. The van der Waals surface area contributed by atoms with E-state index in [4.69, 9.17) is 5.11 Å². The van der Waals surface area contributed by atoms with Gasteiger partial charge in [-0.2, -0.15) is 0 Å². The molecule has 0 spiro atoms. The van der Waals surface area contributed by atoms with Crippen LogP contribution in [0.25, 0.3) is 0 Å². The van der Waals surface area contributed by atoms with Gasteiger partial charge >= 0.3 is 0 Å². The maximum atomic E-state index is 13.8. The van der Waals surface area contributed by atoms with Crippen molar-refractivity contribution in [3.8, 4) is 0 Å². The SMILES string of the molecule is O=S(=O)(Nc1ccccc1Br)c1ccc(CO)cc1F. The Morgan fingerprint density at radius 1 is 1.20 bits per heavy atom. The fourth-order valence-electron chi connectivity index (χ4n) is 1.60. The van der Waals surface area contributed by atoms with Gasteiger partial charge in [0, 0.05) is 4.47 Å². The summed E-state index contributed by atoms with van der Waals surface area (Å²) in [7, 11) is -4.03. The maximum Gasteiger partial charge on any atom is 0.264 e. The average Bonchev–Trinajstić information content (AvgIpc) is 2.40. The Bertz CT molecular complexity index is 734. The van der Waals surface area contributed by atoms with Crippen LogP contribution in [-0.4, -0.2) is 13.5 Å². The van der Waals surface area contributed by atoms with Gasteiger partial charge in [0.05, 0.1) is 12.3 Å². The third-order valence-corrected chi connectivity index (χ3v) is 4.68. The highest BCUT2D eigenvalue weighted by molar-refractivity contribution is 9.10. The summed E-state index contributed by atoms with van der Waals surface area (Å²) in [5.41, 5.74) is 0.625. The number of nitrogens with one attached hydrogen (secondary N) is 1. The zero-order valence-corrected chi connectivity index (χ0v) is 12.6. The van der Waals surface area contributed by atoms with Crippen molar-refractivity contribution < 1.29 is 17.9 Å². The van der Waals surface area contributed by atoms with Gasteiger partial charge in [-0.15, -0.1) is 0 Å². The summed E-state index contributed by atoms with van der Waals surface area (Å²) < 4.78 is 40.9. The van der Waals surface area contributed by atoms with Gasteiger partial charge in [-0.25, -0.2) is 12.8 Å². The highest BCUT2D eigenvalue weighted by atomic mass is 79.9. The molecule has 0 saturated heterocycles. The highest BCUT2D eigenvalue weighted by Crippen LogP contribution is 2.25. The third kappa shape index (κ3) is 3.17. The molecule has 7 heteroatoms. The van der Waals surface area contributed by atoms with Crippen LogP contribution in [0.4, 0.5) is 10.1 Å². The van der Waals surface area contributed by atoms with Crippen LogP contribution in [0.1, 0.15) is 5.56 Å². The van der Waals surface area contributed by atoms with Crippen molar-refractivity contribution in [3.05, 3.63) is 58.3 Å². The minimum absolute atomic E-state index is 0.308. The van der Waals surface area contributed by atoms with Gasteiger partial charge in [-0.1, -0.05) is 18.2 Å². The predicted molar refractivity (Wildman–Crippen MR) is 77.3 cm³/mol. The zero-order chi connectivity index (χ0) is 14.8. The number of benzene rings is 2. The van der Waals surface area contributed by atoms with Crippen LogP contribution in [0.3, 0.4) is 0 Å². The summed E-state index contributed by atoms with van der Waals surface area (Å²) in [5.74, 6) is -0.906. The number of rotatable bonds is 4. The Balaban J connectivity index is 2.39. The van der Waals surface area contributed by atoms with Crippen LogP contribution in [0.2, 0.25) is 0 Å². The van der Waals surface area contributed by atoms with Crippen LogP contribution in [0, 0.1) is 5.82 Å². The molecule has 0 aliphatic rings.